The Morgan fingerprint density at radius 3 is 2.69 bits per heavy atom. The number of nitro groups is 1. The molecule has 84 valence electrons. The highest BCUT2D eigenvalue weighted by molar-refractivity contribution is 14.2. The first kappa shape index (κ1) is 12.2. The number of alkyl halides is 2. The zero-order chi connectivity index (χ0) is 11.9. The molecular formula is C10H7I2NO3. The fourth-order valence-electron chi connectivity index (χ4n) is 1.81. The van der Waals surface area contributed by atoms with Gasteiger partial charge in [-0.05, 0) is 12.8 Å². The smallest absolute Gasteiger partial charge is 0.273 e. The van der Waals surface area contributed by atoms with Crippen LogP contribution in [0.5, 0.6) is 0 Å². The van der Waals surface area contributed by atoms with Crippen molar-refractivity contribution in [3.05, 3.63) is 39.4 Å². The monoisotopic (exact) mass is 443 g/mol. The van der Waals surface area contributed by atoms with Crippen LogP contribution >= 0.6 is 45.2 Å². The van der Waals surface area contributed by atoms with Crippen LogP contribution in [0.25, 0.3) is 0 Å². The number of hydrogen-bond acceptors (Lipinski definition) is 3. The minimum Gasteiger partial charge on any atom is -0.292 e. The highest BCUT2D eigenvalue weighted by Gasteiger charge is 2.40. The Morgan fingerprint density at radius 1 is 1.38 bits per heavy atom. The van der Waals surface area contributed by atoms with Crippen molar-refractivity contribution in [3.8, 4) is 0 Å². The second-order valence-corrected chi connectivity index (χ2v) is 9.34. The Kier molecular flexibility index (Phi) is 3.21. The molecule has 1 aromatic carbocycles. The molecule has 0 atom stereocenters. The number of Topliss-reactive ketones (excluding diaryl/α,β-unsaturated/α-hetero) is 1. The van der Waals surface area contributed by atoms with Gasteiger partial charge in [0.05, 0.1) is 4.92 Å². The standard InChI is InChI=1S/C10H7I2NO3/c11-10(12)5-4-6-7(9(10)14)2-1-3-8(6)13(15)16/h1-3H,4-5H2. The number of hydrogen-bond donors (Lipinski definition) is 0. The van der Waals surface area contributed by atoms with Crippen LogP contribution in [0.2, 0.25) is 0 Å². The molecule has 0 saturated carbocycles. The molecule has 0 amide bonds. The summed E-state index contributed by atoms with van der Waals surface area (Å²) in [5.74, 6) is -0.0151. The lowest BCUT2D eigenvalue weighted by molar-refractivity contribution is -0.385. The molecule has 1 aliphatic rings. The minimum absolute atomic E-state index is 0.0151. The summed E-state index contributed by atoms with van der Waals surface area (Å²) in [5.41, 5.74) is 1.15. The predicted octanol–water partition coefficient (Wildman–Crippen LogP) is 3.29. The van der Waals surface area contributed by atoms with Gasteiger partial charge in [-0.25, -0.2) is 0 Å². The van der Waals surface area contributed by atoms with Crippen molar-refractivity contribution < 1.29 is 9.72 Å². The maximum absolute atomic E-state index is 12.1. The summed E-state index contributed by atoms with van der Waals surface area (Å²) in [6.07, 6.45) is 1.23. The van der Waals surface area contributed by atoms with Crippen molar-refractivity contribution in [1.82, 2.24) is 0 Å². The topological polar surface area (TPSA) is 60.2 Å². The zero-order valence-electron chi connectivity index (χ0n) is 8.07. The number of carbonyl (C=O) groups excluding carboxylic acids is 1. The lowest BCUT2D eigenvalue weighted by atomic mass is 9.89. The molecule has 0 N–H and O–H groups in total. The Hall–Kier alpha value is -0.250. The summed E-state index contributed by atoms with van der Waals surface area (Å²) in [7, 11) is 0. The first-order valence-electron chi connectivity index (χ1n) is 4.62. The number of benzene rings is 1. The van der Waals surface area contributed by atoms with E-state index in [1.54, 1.807) is 12.1 Å². The molecule has 4 nitrogen and oxygen atoms in total. The molecule has 0 unspecified atom stereocenters. The van der Waals surface area contributed by atoms with Crippen LogP contribution in [0.3, 0.4) is 0 Å². The molecule has 0 aromatic heterocycles. The van der Waals surface area contributed by atoms with E-state index in [1.807, 2.05) is 0 Å². The van der Waals surface area contributed by atoms with E-state index in [-0.39, 0.29) is 11.5 Å². The highest BCUT2D eigenvalue weighted by atomic mass is 127. The van der Waals surface area contributed by atoms with Gasteiger partial charge in [-0.2, -0.15) is 0 Å². The van der Waals surface area contributed by atoms with Crippen LogP contribution in [0.4, 0.5) is 5.69 Å². The zero-order valence-corrected chi connectivity index (χ0v) is 12.4. The Bertz CT molecular complexity index is 485. The third-order valence-electron chi connectivity index (χ3n) is 2.61. The average Bonchev–Trinajstić information content (AvgIpc) is 2.23. The molecule has 0 bridgehead atoms. The number of nitro benzene ring substituents is 1. The van der Waals surface area contributed by atoms with Crippen LogP contribution in [0.1, 0.15) is 22.3 Å². The van der Waals surface area contributed by atoms with E-state index < -0.39 is 6.35 Å². The van der Waals surface area contributed by atoms with Crippen molar-refractivity contribution >= 4 is 56.7 Å². The minimum atomic E-state index is -0.461. The van der Waals surface area contributed by atoms with Crippen molar-refractivity contribution in [2.75, 3.05) is 0 Å². The Morgan fingerprint density at radius 2 is 2.06 bits per heavy atom. The van der Waals surface area contributed by atoms with E-state index in [0.717, 1.165) is 0 Å². The van der Waals surface area contributed by atoms with E-state index in [2.05, 4.69) is 45.2 Å². The molecule has 1 aliphatic carbocycles. The van der Waals surface area contributed by atoms with Gasteiger partial charge >= 0.3 is 0 Å². The number of carbonyl (C=O) groups is 1. The number of nitrogens with zero attached hydrogens (tertiary/aromatic N) is 1. The Balaban J connectivity index is 2.60. The van der Waals surface area contributed by atoms with Gasteiger partial charge < -0.3 is 0 Å². The fraction of sp³-hybridized carbons (Fsp3) is 0.300. The molecule has 1 aromatic rings. The van der Waals surface area contributed by atoms with Crippen molar-refractivity contribution in [1.29, 1.82) is 0 Å². The fourth-order valence-corrected chi connectivity index (χ4v) is 2.93. The summed E-state index contributed by atoms with van der Waals surface area (Å²) in [6, 6.07) is 4.71. The first-order valence-corrected chi connectivity index (χ1v) is 6.78. The van der Waals surface area contributed by atoms with Crippen LogP contribution in [-0.4, -0.2) is 12.1 Å². The lowest BCUT2D eigenvalue weighted by Gasteiger charge is -2.25. The summed E-state index contributed by atoms with van der Waals surface area (Å²) in [5, 5.41) is 10.8. The van der Waals surface area contributed by atoms with E-state index in [4.69, 9.17) is 0 Å². The summed E-state index contributed by atoms with van der Waals surface area (Å²) < 4.78 is -0.461. The molecule has 0 radical (unpaired) electrons. The maximum Gasteiger partial charge on any atom is 0.273 e. The summed E-state index contributed by atoms with van der Waals surface area (Å²) in [4.78, 5) is 22.5. The van der Waals surface area contributed by atoms with E-state index in [0.29, 0.717) is 24.0 Å². The molecular weight excluding hydrogens is 436 g/mol. The largest absolute Gasteiger partial charge is 0.292 e. The van der Waals surface area contributed by atoms with Gasteiger partial charge in [0.2, 0.25) is 0 Å². The van der Waals surface area contributed by atoms with Crippen LogP contribution < -0.4 is 0 Å². The quantitative estimate of drug-likeness (QED) is 0.290. The Labute approximate surface area is 119 Å². The van der Waals surface area contributed by atoms with E-state index in [9.17, 15) is 14.9 Å². The van der Waals surface area contributed by atoms with Crippen molar-refractivity contribution in [2.24, 2.45) is 0 Å². The average molecular weight is 443 g/mol. The van der Waals surface area contributed by atoms with Gasteiger partial charge in [-0.3, -0.25) is 14.9 Å². The van der Waals surface area contributed by atoms with Crippen LogP contribution in [0.15, 0.2) is 18.2 Å². The summed E-state index contributed by atoms with van der Waals surface area (Å²) in [6.45, 7) is 0. The first-order chi connectivity index (χ1) is 7.43. The van der Waals surface area contributed by atoms with E-state index in [1.165, 1.54) is 6.07 Å². The second-order valence-electron chi connectivity index (χ2n) is 3.59. The molecule has 16 heavy (non-hydrogen) atoms. The lowest BCUT2D eigenvalue weighted by Crippen LogP contribution is -2.31. The van der Waals surface area contributed by atoms with E-state index >= 15 is 0 Å². The van der Waals surface area contributed by atoms with Gasteiger partial charge in [0.25, 0.3) is 5.69 Å². The number of ketones is 1. The number of halogens is 2. The molecule has 0 fully saturated rings. The third-order valence-corrected chi connectivity index (χ3v) is 4.67. The van der Waals surface area contributed by atoms with Crippen LogP contribution in [0, 0.1) is 10.1 Å². The molecule has 0 saturated heterocycles. The second kappa shape index (κ2) is 4.21. The molecule has 6 heteroatoms. The van der Waals surface area contributed by atoms with Gasteiger partial charge in [-0.15, -0.1) is 0 Å². The van der Waals surface area contributed by atoms with Gasteiger partial charge in [0.1, 0.15) is 1.43 Å². The van der Waals surface area contributed by atoms with Crippen molar-refractivity contribution in [2.45, 2.75) is 14.3 Å². The van der Waals surface area contributed by atoms with Crippen LogP contribution in [-0.2, 0) is 6.42 Å². The highest BCUT2D eigenvalue weighted by Crippen LogP contribution is 2.43. The molecule has 0 spiro atoms. The third kappa shape index (κ3) is 1.96. The summed E-state index contributed by atoms with van der Waals surface area (Å²) >= 11 is 4.22. The van der Waals surface area contributed by atoms with Gasteiger partial charge in [0.15, 0.2) is 5.78 Å². The van der Waals surface area contributed by atoms with Gasteiger partial charge in [0, 0.05) is 17.2 Å². The molecule has 0 aliphatic heterocycles. The number of fused-ring (bicyclic) bond motifs is 1. The van der Waals surface area contributed by atoms with Gasteiger partial charge in [-0.1, -0.05) is 57.3 Å². The number of rotatable bonds is 1. The molecule has 0 heterocycles. The molecule has 2 rings (SSSR count). The SMILES string of the molecule is O=C1c2cccc([N+](=O)[O-])c2CCC1(I)I. The van der Waals surface area contributed by atoms with Crippen molar-refractivity contribution in [3.63, 3.8) is 0 Å². The maximum atomic E-state index is 12.1. The normalized spacial score (nSPS) is 18.0. The predicted molar refractivity (Wildman–Crippen MR) is 76.5 cm³/mol.